The average Bonchev–Trinajstić information content (AvgIpc) is 2.80. The van der Waals surface area contributed by atoms with Gasteiger partial charge in [0.25, 0.3) is 0 Å². The molecule has 1 saturated heterocycles. The molecule has 2 heterocycles. The van der Waals surface area contributed by atoms with Gasteiger partial charge in [-0.2, -0.15) is 0 Å². The van der Waals surface area contributed by atoms with E-state index >= 15 is 0 Å². The first kappa shape index (κ1) is 13.4. The van der Waals surface area contributed by atoms with Gasteiger partial charge < -0.3 is 5.11 Å². The smallest absolute Gasteiger partial charge is 0.165 e. The highest BCUT2D eigenvalue weighted by atomic mass is 16.3. The summed E-state index contributed by atoms with van der Waals surface area (Å²) in [4.78, 5) is 2.41. The molecular weight excluding hydrogens is 230 g/mol. The Morgan fingerprint density at radius 3 is 3.06 bits per heavy atom. The fourth-order valence-corrected chi connectivity index (χ4v) is 2.65. The minimum absolute atomic E-state index is 0.265. The quantitative estimate of drug-likeness (QED) is 0.813. The molecule has 0 bridgehead atoms. The average molecular weight is 253 g/mol. The number of aliphatic hydroxyl groups excluding tert-OH is 1. The lowest BCUT2D eigenvalue weighted by Gasteiger charge is -2.34. The van der Waals surface area contributed by atoms with E-state index in [9.17, 15) is 0 Å². The zero-order chi connectivity index (χ0) is 12.8. The lowest BCUT2D eigenvalue weighted by Crippen LogP contribution is -2.40. The molecule has 0 amide bonds. The zero-order valence-corrected chi connectivity index (χ0v) is 11.1. The molecule has 1 atom stereocenters. The molecule has 1 aliphatic rings. The van der Waals surface area contributed by atoms with E-state index in [1.165, 1.54) is 19.3 Å². The number of nitrogens with zero attached hydrogens (tertiary/aromatic N) is 5. The minimum atomic E-state index is 0.265. The van der Waals surface area contributed by atoms with Crippen LogP contribution in [0.25, 0.3) is 0 Å². The number of hydrogen-bond acceptors (Lipinski definition) is 5. The van der Waals surface area contributed by atoms with Gasteiger partial charge in [-0.05, 0) is 42.7 Å². The summed E-state index contributed by atoms with van der Waals surface area (Å²) in [5, 5.41) is 21.0. The largest absolute Gasteiger partial charge is 0.396 e. The highest BCUT2D eigenvalue weighted by Crippen LogP contribution is 2.21. The van der Waals surface area contributed by atoms with Gasteiger partial charge in [-0.3, -0.25) is 4.90 Å². The van der Waals surface area contributed by atoms with E-state index in [1.54, 1.807) is 0 Å². The molecule has 2 rings (SSSR count). The van der Waals surface area contributed by atoms with E-state index < -0.39 is 0 Å². The molecule has 102 valence electrons. The Balaban J connectivity index is 1.99. The fraction of sp³-hybridized carbons (Fsp3) is 0.917. The van der Waals surface area contributed by atoms with Crippen molar-refractivity contribution in [3.05, 3.63) is 5.82 Å². The van der Waals surface area contributed by atoms with Crippen LogP contribution >= 0.6 is 0 Å². The lowest BCUT2D eigenvalue weighted by molar-refractivity contribution is 0.108. The van der Waals surface area contributed by atoms with Gasteiger partial charge in [-0.15, -0.1) is 5.10 Å². The molecule has 1 N–H and O–H groups in total. The second-order valence-electron chi connectivity index (χ2n) is 4.95. The van der Waals surface area contributed by atoms with Crippen molar-refractivity contribution in [2.45, 2.75) is 58.2 Å². The van der Waals surface area contributed by atoms with Crippen molar-refractivity contribution in [1.29, 1.82) is 0 Å². The molecule has 0 radical (unpaired) electrons. The molecule has 0 saturated carbocycles. The molecule has 0 aliphatic carbocycles. The summed E-state index contributed by atoms with van der Waals surface area (Å²) < 4.78 is 1.89. The van der Waals surface area contributed by atoms with Crippen molar-refractivity contribution in [2.75, 3.05) is 13.2 Å². The van der Waals surface area contributed by atoms with Crippen molar-refractivity contribution in [1.82, 2.24) is 25.1 Å². The predicted octanol–water partition coefficient (Wildman–Crippen LogP) is 0.820. The third-order valence-corrected chi connectivity index (χ3v) is 3.60. The number of likely N-dealkylation sites (tertiary alicyclic amines) is 1. The van der Waals surface area contributed by atoms with Crippen LogP contribution in [0.3, 0.4) is 0 Å². The van der Waals surface area contributed by atoms with Crippen LogP contribution in [0, 0.1) is 0 Å². The third kappa shape index (κ3) is 3.26. The molecule has 0 spiro atoms. The van der Waals surface area contributed by atoms with Crippen molar-refractivity contribution in [3.63, 3.8) is 0 Å². The van der Waals surface area contributed by atoms with E-state index in [1.807, 2.05) is 4.68 Å². The summed E-state index contributed by atoms with van der Waals surface area (Å²) in [5.74, 6) is 0.946. The van der Waals surface area contributed by atoms with Crippen molar-refractivity contribution in [3.8, 4) is 0 Å². The molecule has 0 aromatic carbocycles. The standard InChI is InChI=1S/C12H23N5O/c1-2-7-17-12(13-14-15-17)10-16-8-4-3-5-11(16)6-9-18/h11,18H,2-10H2,1H3. The second kappa shape index (κ2) is 6.80. The number of hydrogen-bond donors (Lipinski definition) is 1. The molecule has 1 fully saturated rings. The van der Waals surface area contributed by atoms with Gasteiger partial charge in [0.2, 0.25) is 0 Å². The molecule has 1 aromatic rings. The Morgan fingerprint density at radius 2 is 2.28 bits per heavy atom. The Hall–Kier alpha value is -1.01. The third-order valence-electron chi connectivity index (χ3n) is 3.60. The van der Waals surface area contributed by atoms with Crippen LogP contribution in [0.1, 0.15) is 44.9 Å². The van der Waals surface area contributed by atoms with Crippen molar-refractivity contribution >= 4 is 0 Å². The maximum atomic E-state index is 9.13. The van der Waals surface area contributed by atoms with Crippen LogP contribution in [-0.4, -0.2) is 49.4 Å². The van der Waals surface area contributed by atoms with Gasteiger partial charge in [-0.1, -0.05) is 13.3 Å². The van der Waals surface area contributed by atoms with Gasteiger partial charge in [-0.25, -0.2) is 4.68 Å². The molecule has 1 unspecified atom stereocenters. The van der Waals surface area contributed by atoms with Gasteiger partial charge in [0.05, 0.1) is 6.54 Å². The van der Waals surface area contributed by atoms with Crippen LogP contribution in [-0.2, 0) is 13.1 Å². The van der Waals surface area contributed by atoms with E-state index in [0.717, 1.165) is 38.3 Å². The first-order chi connectivity index (χ1) is 8.85. The SMILES string of the molecule is CCCn1nnnc1CN1CCCCC1CCO. The zero-order valence-electron chi connectivity index (χ0n) is 11.1. The first-order valence-corrected chi connectivity index (χ1v) is 6.95. The highest BCUT2D eigenvalue weighted by molar-refractivity contribution is 4.85. The van der Waals surface area contributed by atoms with Crippen LogP contribution < -0.4 is 0 Å². The molecule has 1 aromatic heterocycles. The predicted molar refractivity (Wildman–Crippen MR) is 67.9 cm³/mol. The highest BCUT2D eigenvalue weighted by Gasteiger charge is 2.23. The maximum Gasteiger partial charge on any atom is 0.165 e. The van der Waals surface area contributed by atoms with Crippen molar-refractivity contribution in [2.24, 2.45) is 0 Å². The molecule has 1 aliphatic heterocycles. The second-order valence-corrected chi connectivity index (χ2v) is 4.95. The van der Waals surface area contributed by atoms with Gasteiger partial charge in [0.15, 0.2) is 5.82 Å². The maximum absolute atomic E-state index is 9.13. The van der Waals surface area contributed by atoms with Gasteiger partial charge >= 0.3 is 0 Å². The van der Waals surface area contributed by atoms with Crippen molar-refractivity contribution < 1.29 is 5.11 Å². The van der Waals surface area contributed by atoms with Crippen LogP contribution in [0.15, 0.2) is 0 Å². The van der Waals surface area contributed by atoms with E-state index in [-0.39, 0.29) is 6.61 Å². The van der Waals surface area contributed by atoms with E-state index in [0.29, 0.717) is 6.04 Å². The molecule has 6 nitrogen and oxygen atoms in total. The number of tetrazole rings is 1. The Kier molecular flexibility index (Phi) is 5.07. The number of aromatic nitrogens is 4. The van der Waals surface area contributed by atoms with Crippen LogP contribution in [0.4, 0.5) is 0 Å². The number of piperidine rings is 1. The van der Waals surface area contributed by atoms with Gasteiger partial charge in [0.1, 0.15) is 0 Å². The van der Waals surface area contributed by atoms with Gasteiger partial charge in [0, 0.05) is 19.2 Å². The normalized spacial score (nSPS) is 21.3. The summed E-state index contributed by atoms with van der Waals surface area (Å²) in [6.45, 7) is 5.16. The summed E-state index contributed by atoms with van der Waals surface area (Å²) in [6, 6.07) is 0.482. The molecule has 18 heavy (non-hydrogen) atoms. The number of aliphatic hydroxyl groups is 1. The van der Waals surface area contributed by atoms with Crippen LogP contribution in [0.2, 0.25) is 0 Å². The Labute approximate surface area is 108 Å². The first-order valence-electron chi connectivity index (χ1n) is 6.95. The Morgan fingerprint density at radius 1 is 1.39 bits per heavy atom. The van der Waals surface area contributed by atoms with Crippen LogP contribution in [0.5, 0.6) is 0 Å². The topological polar surface area (TPSA) is 67.1 Å². The number of aryl methyl sites for hydroxylation is 1. The lowest BCUT2D eigenvalue weighted by atomic mass is 10.00. The summed E-state index contributed by atoms with van der Waals surface area (Å²) in [7, 11) is 0. The molecule has 6 heteroatoms. The summed E-state index contributed by atoms with van der Waals surface area (Å²) in [6.07, 6.45) is 5.57. The number of rotatable bonds is 6. The summed E-state index contributed by atoms with van der Waals surface area (Å²) in [5.41, 5.74) is 0. The molecular formula is C12H23N5O. The monoisotopic (exact) mass is 253 g/mol. The summed E-state index contributed by atoms with van der Waals surface area (Å²) >= 11 is 0. The van der Waals surface area contributed by atoms with E-state index in [2.05, 4.69) is 27.3 Å². The fourth-order valence-electron chi connectivity index (χ4n) is 2.65. The van der Waals surface area contributed by atoms with E-state index in [4.69, 9.17) is 5.11 Å². The Bertz CT molecular complexity index is 352. The minimum Gasteiger partial charge on any atom is -0.396 e.